The Morgan fingerprint density at radius 3 is 2.26 bits per heavy atom. The van der Waals surface area contributed by atoms with Gasteiger partial charge in [-0.3, -0.25) is 10.1 Å². The molecule has 0 amide bonds. The molecular formula is C9H11Cl2N3O4S. The molecule has 0 bridgehead atoms. The third-order valence-corrected chi connectivity index (χ3v) is 4.18. The quantitative estimate of drug-likeness (QED) is 0.613. The highest BCUT2D eigenvalue weighted by Gasteiger charge is 2.15. The van der Waals surface area contributed by atoms with Crippen molar-refractivity contribution in [1.82, 2.24) is 4.72 Å². The highest BCUT2D eigenvalue weighted by atomic mass is 35.5. The van der Waals surface area contributed by atoms with Crippen LogP contribution in [0.4, 0.5) is 11.4 Å². The second-order valence-electron chi connectivity index (χ2n) is 3.49. The summed E-state index contributed by atoms with van der Waals surface area (Å²) in [6.45, 7) is 0.0699. The zero-order valence-electron chi connectivity index (χ0n) is 9.81. The van der Waals surface area contributed by atoms with Gasteiger partial charge in [-0.25, -0.2) is 13.1 Å². The molecule has 0 aliphatic carbocycles. The van der Waals surface area contributed by atoms with Crippen molar-refractivity contribution in [2.75, 3.05) is 24.7 Å². The molecule has 0 fully saturated rings. The van der Waals surface area contributed by atoms with Crippen LogP contribution < -0.4 is 10.0 Å². The van der Waals surface area contributed by atoms with Gasteiger partial charge in [0.25, 0.3) is 5.69 Å². The van der Waals surface area contributed by atoms with E-state index in [1.165, 1.54) is 7.05 Å². The van der Waals surface area contributed by atoms with Crippen molar-refractivity contribution in [3.05, 3.63) is 32.3 Å². The zero-order valence-corrected chi connectivity index (χ0v) is 12.1. The average molecular weight is 328 g/mol. The molecule has 2 N–H and O–H groups in total. The lowest BCUT2D eigenvalue weighted by Crippen LogP contribution is -2.26. The molecule has 0 aromatic heterocycles. The average Bonchev–Trinajstić information content (AvgIpc) is 2.32. The van der Waals surface area contributed by atoms with Gasteiger partial charge in [0.2, 0.25) is 10.0 Å². The highest BCUT2D eigenvalue weighted by Crippen LogP contribution is 2.34. The van der Waals surface area contributed by atoms with Crippen LogP contribution in [0.5, 0.6) is 0 Å². The summed E-state index contributed by atoms with van der Waals surface area (Å²) >= 11 is 11.7. The molecule has 1 aromatic carbocycles. The molecule has 0 radical (unpaired) electrons. The first-order valence-electron chi connectivity index (χ1n) is 5.05. The number of sulfonamides is 1. The first-order valence-corrected chi connectivity index (χ1v) is 7.46. The molecule has 0 unspecified atom stereocenters. The van der Waals surface area contributed by atoms with Crippen molar-refractivity contribution in [2.24, 2.45) is 0 Å². The van der Waals surface area contributed by atoms with Crippen molar-refractivity contribution < 1.29 is 13.3 Å². The molecule has 106 valence electrons. The van der Waals surface area contributed by atoms with Gasteiger partial charge in [0.1, 0.15) is 0 Å². The van der Waals surface area contributed by atoms with E-state index in [9.17, 15) is 18.5 Å². The number of hydrogen-bond acceptors (Lipinski definition) is 5. The van der Waals surface area contributed by atoms with Gasteiger partial charge >= 0.3 is 0 Å². The fourth-order valence-corrected chi connectivity index (χ4v) is 2.43. The Morgan fingerprint density at radius 1 is 1.32 bits per heavy atom. The fourth-order valence-electron chi connectivity index (χ4n) is 1.25. The molecular weight excluding hydrogens is 317 g/mol. The van der Waals surface area contributed by atoms with Crippen molar-refractivity contribution in [2.45, 2.75) is 0 Å². The number of nitro groups is 1. The smallest absolute Gasteiger partial charge is 0.272 e. The minimum atomic E-state index is -3.34. The van der Waals surface area contributed by atoms with E-state index in [4.69, 9.17) is 23.2 Å². The molecule has 0 saturated heterocycles. The van der Waals surface area contributed by atoms with E-state index in [1.807, 2.05) is 0 Å². The van der Waals surface area contributed by atoms with E-state index in [2.05, 4.69) is 10.0 Å². The van der Waals surface area contributed by atoms with Crippen molar-refractivity contribution in [3.8, 4) is 0 Å². The number of anilines is 1. The molecule has 1 aromatic rings. The van der Waals surface area contributed by atoms with Crippen molar-refractivity contribution in [3.63, 3.8) is 0 Å². The molecule has 0 aliphatic heterocycles. The molecule has 1 rings (SSSR count). The molecule has 0 spiro atoms. The summed E-state index contributed by atoms with van der Waals surface area (Å²) in [4.78, 5) is 9.96. The summed E-state index contributed by atoms with van der Waals surface area (Å²) in [5, 5.41) is 13.4. The number of halogens is 2. The Morgan fingerprint density at radius 2 is 1.84 bits per heavy atom. The summed E-state index contributed by atoms with van der Waals surface area (Å²) in [6.07, 6.45) is 0. The normalized spacial score (nSPS) is 11.3. The van der Waals surface area contributed by atoms with Gasteiger partial charge in [-0.05, 0) is 7.05 Å². The molecule has 0 atom stereocenters. The van der Waals surface area contributed by atoms with Gasteiger partial charge < -0.3 is 5.32 Å². The first-order chi connectivity index (χ1) is 8.76. The summed E-state index contributed by atoms with van der Waals surface area (Å²) in [6, 6.07) is 2.28. The number of non-ortho nitro benzene ring substituents is 1. The van der Waals surface area contributed by atoms with Gasteiger partial charge in [-0.2, -0.15) is 0 Å². The van der Waals surface area contributed by atoms with Gasteiger partial charge in [0.15, 0.2) is 0 Å². The number of nitro benzene ring substituents is 1. The molecule has 0 aliphatic rings. The first kappa shape index (κ1) is 16.0. The third kappa shape index (κ3) is 4.50. The lowest BCUT2D eigenvalue weighted by Gasteiger charge is -2.10. The molecule has 0 heterocycles. The van der Waals surface area contributed by atoms with E-state index in [-0.39, 0.29) is 33.7 Å². The van der Waals surface area contributed by atoms with Crippen LogP contribution in [0.25, 0.3) is 0 Å². The van der Waals surface area contributed by atoms with Crippen LogP contribution in [-0.2, 0) is 10.0 Å². The summed E-state index contributed by atoms with van der Waals surface area (Å²) < 4.78 is 24.6. The van der Waals surface area contributed by atoms with Crippen LogP contribution in [0.2, 0.25) is 10.0 Å². The number of benzene rings is 1. The van der Waals surface area contributed by atoms with Crippen LogP contribution in [-0.4, -0.2) is 32.7 Å². The Balaban J connectivity index is 2.83. The molecule has 0 saturated carbocycles. The summed E-state index contributed by atoms with van der Waals surface area (Å²) in [7, 11) is -2.04. The lowest BCUT2D eigenvalue weighted by molar-refractivity contribution is -0.384. The largest absolute Gasteiger partial charge is 0.382 e. The molecule has 7 nitrogen and oxygen atoms in total. The molecule has 10 heteroatoms. The maximum atomic E-state index is 11.2. The second-order valence-corrected chi connectivity index (χ2v) is 6.35. The Kier molecular flexibility index (Phi) is 5.36. The predicted molar refractivity (Wildman–Crippen MR) is 74.5 cm³/mol. The van der Waals surface area contributed by atoms with Crippen molar-refractivity contribution >= 4 is 44.6 Å². The third-order valence-electron chi connectivity index (χ3n) is 2.22. The SMILES string of the molecule is CNS(=O)(=O)CCNc1c(Cl)cc([N+](=O)[O-])cc1Cl. The van der Waals surface area contributed by atoms with E-state index in [1.54, 1.807) is 0 Å². The second kappa shape index (κ2) is 6.38. The number of hydrogen-bond donors (Lipinski definition) is 2. The van der Waals surface area contributed by atoms with Crippen molar-refractivity contribution in [1.29, 1.82) is 0 Å². The number of rotatable bonds is 6. The van der Waals surface area contributed by atoms with Crippen LogP contribution in [0, 0.1) is 10.1 Å². The zero-order chi connectivity index (χ0) is 14.6. The van der Waals surface area contributed by atoms with Crippen LogP contribution in [0.15, 0.2) is 12.1 Å². The maximum Gasteiger partial charge on any atom is 0.272 e. The fraction of sp³-hybridized carbons (Fsp3) is 0.333. The van der Waals surface area contributed by atoms with E-state index in [0.717, 1.165) is 12.1 Å². The van der Waals surface area contributed by atoms with E-state index >= 15 is 0 Å². The van der Waals surface area contributed by atoms with Crippen LogP contribution >= 0.6 is 23.2 Å². The Labute approximate surface area is 120 Å². The highest BCUT2D eigenvalue weighted by molar-refractivity contribution is 7.89. The van der Waals surface area contributed by atoms with Gasteiger partial charge in [0.05, 0.1) is 26.4 Å². The minimum Gasteiger partial charge on any atom is -0.382 e. The standard InChI is InChI=1S/C9H11Cl2N3O4S/c1-12-19(17,18)3-2-13-9-7(10)4-6(14(15)16)5-8(9)11/h4-5,12-13H,2-3H2,1H3. The summed E-state index contributed by atoms with van der Waals surface area (Å²) in [5.74, 6) is -0.173. The van der Waals surface area contributed by atoms with Gasteiger partial charge in [-0.15, -0.1) is 0 Å². The molecule has 19 heavy (non-hydrogen) atoms. The van der Waals surface area contributed by atoms with Gasteiger partial charge in [-0.1, -0.05) is 23.2 Å². The lowest BCUT2D eigenvalue weighted by atomic mass is 10.3. The Hall–Kier alpha value is -1.09. The number of nitrogens with one attached hydrogen (secondary N) is 2. The Bertz CT molecular complexity index is 568. The summed E-state index contributed by atoms with van der Waals surface area (Å²) in [5.41, 5.74) is 0.0311. The van der Waals surface area contributed by atoms with Crippen LogP contribution in [0.3, 0.4) is 0 Å². The van der Waals surface area contributed by atoms with E-state index in [0.29, 0.717) is 0 Å². The van der Waals surface area contributed by atoms with Crippen LogP contribution in [0.1, 0.15) is 0 Å². The van der Waals surface area contributed by atoms with E-state index < -0.39 is 14.9 Å². The topological polar surface area (TPSA) is 101 Å². The predicted octanol–water partition coefficient (Wildman–Crippen LogP) is 1.86. The van der Waals surface area contributed by atoms with Gasteiger partial charge in [0, 0.05) is 18.7 Å². The minimum absolute atomic E-state index is 0.0565. The monoisotopic (exact) mass is 327 g/mol. The maximum absolute atomic E-state index is 11.2. The number of nitrogens with zero attached hydrogens (tertiary/aromatic N) is 1.